The third-order valence-corrected chi connectivity index (χ3v) is 1.74. The van der Waals surface area contributed by atoms with Crippen molar-refractivity contribution in [3.63, 3.8) is 0 Å². The summed E-state index contributed by atoms with van der Waals surface area (Å²) >= 11 is 5.52. The molecule has 3 heteroatoms. The monoisotopic (exact) mass is 173 g/mol. The second kappa shape index (κ2) is 4.39. The number of halogens is 1. The number of oxazole rings is 1. The first kappa shape index (κ1) is 8.60. The zero-order chi connectivity index (χ0) is 8.10. The molecule has 0 radical (unpaired) electrons. The average molecular weight is 174 g/mol. The summed E-state index contributed by atoms with van der Waals surface area (Å²) in [7, 11) is 0. The number of aromatic nitrogens is 1. The maximum Gasteiger partial charge on any atom is 0.194 e. The number of aryl methyl sites for hydroxylation is 2. The first-order valence-corrected chi connectivity index (χ1v) is 4.39. The van der Waals surface area contributed by atoms with Crippen molar-refractivity contribution < 1.29 is 4.42 Å². The number of hydrogen-bond acceptors (Lipinski definition) is 2. The molecule has 0 fully saturated rings. The van der Waals surface area contributed by atoms with Crippen LogP contribution >= 0.6 is 11.6 Å². The molecule has 11 heavy (non-hydrogen) atoms. The highest BCUT2D eigenvalue weighted by Crippen LogP contribution is 2.06. The zero-order valence-electron chi connectivity index (χ0n) is 6.64. The fourth-order valence-corrected chi connectivity index (χ4v) is 0.979. The minimum atomic E-state index is 0.670. The standard InChI is InChI=1S/C8H12ClNO/c1-2-7-6-10-8(11-7)4-3-5-9/h6H,2-5H2,1H3. The maximum absolute atomic E-state index is 5.52. The van der Waals surface area contributed by atoms with Gasteiger partial charge in [0.2, 0.25) is 0 Å². The van der Waals surface area contributed by atoms with E-state index in [1.165, 1.54) is 0 Å². The Morgan fingerprint density at radius 3 is 3.00 bits per heavy atom. The van der Waals surface area contributed by atoms with Gasteiger partial charge in [-0.05, 0) is 6.42 Å². The molecule has 0 bridgehead atoms. The van der Waals surface area contributed by atoms with Crippen molar-refractivity contribution in [1.29, 1.82) is 0 Å². The molecular formula is C8H12ClNO. The van der Waals surface area contributed by atoms with Gasteiger partial charge in [-0.2, -0.15) is 0 Å². The van der Waals surface area contributed by atoms with Crippen LogP contribution in [0, 0.1) is 0 Å². The molecule has 0 N–H and O–H groups in total. The van der Waals surface area contributed by atoms with Crippen LogP contribution in [0.4, 0.5) is 0 Å². The van der Waals surface area contributed by atoms with E-state index < -0.39 is 0 Å². The van der Waals surface area contributed by atoms with Gasteiger partial charge < -0.3 is 4.42 Å². The predicted octanol–water partition coefficient (Wildman–Crippen LogP) is 2.41. The lowest BCUT2D eigenvalue weighted by Crippen LogP contribution is -1.84. The summed E-state index contributed by atoms with van der Waals surface area (Å²) in [6, 6.07) is 0. The molecule has 0 aromatic carbocycles. The first-order chi connectivity index (χ1) is 5.36. The summed E-state index contributed by atoms with van der Waals surface area (Å²) in [6.07, 6.45) is 4.48. The Labute approximate surface area is 71.6 Å². The van der Waals surface area contributed by atoms with Gasteiger partial charge in [0.1, 0.15) is 5.76 Å². The van der Waals surface area contributed by atoms with Crippen molar-refractivity contribution in [1.82, 2.24) is 4.98 Å². The maximum atomic E-state index is 5.52. The van der Waals surface area contributed by atoms with Crippen molar-refractivity contribution in [2.75, 3.05) is 5.88 Å². The average Bonchev–Trinajstić information content (AvgIpc) is 2.48. The van der Waals surface area contributed by atoms with Gasteiger partial charge in [-0.15, -0.1) is 11.6 Å². The lowest BCUT2D eigenvalue weighted by Gasteiger charge is -1.89. The van der Waals surface area contributed by atoms with Crippen LogP contribution in [0.5, 0.6) is 0 Å². The van der Waals surface area contributed by atoms with Crippen molar-refractivity contribution in [2.24, 2.45) is 0 Å². The fraction of sp³-hybridized carbons (Fsp3) is 0.625. The molecule has 0 aliphatic heterocycles. The minimum Gasteiger partial charge on any atom is -0.446 e. The lowest BCUT2D eigenvalue weighted by molar-refractivity contribution is 0.456. The van der Waals surface area contributed by atoms with Gasteiger partial charge >= 0.3 is 0 Å². The summed E-state index contributed by atoms with van der Waals surface area (Å²) in [4.78, 5) is 4.10. The summed E-state index contributed by atoms with van der Waals surface area (Å²) < 4.78 is 5.37. The second-order valence-corrected chi connectivity index (χ2v) is 2.74. The lowest BCUT2D eigenvalue weighted by atomic mass is 10.3. The Morgan fingerprint density at radius 1 is 1.64 bits per heavy atom. The number of hydrogen-bond donors (Lipinski definition) is 0. The number of alkyl halides is 1. The van der Waals surface area contributed by atoms with E-state index in [1.54, 1.807) is 6.20 Å². The number of rotatable bonds is 4. The Hall–Kier alpha value is -0.500. The third kappa shape index (κ3) is 2.54. The molecule has 0 saturated heterocycles. The van der Waals surface area contributed by atoms with Crippen molar-refractivity contribution >= 4 is 11.6 Å². The van der Waals surface area contributed by atoms with Crippen LogP contribution in [-0.2, 0) is 12.8 Å². The topological polar surface area (TPSA) is 26.0 Å². The van der Waals surface area contributed by atoms with Gasteiger partial charge in [0.15, 0.2) is 5.89 Å². The van der Waals surface area contributed by atoms with Crippen LogP contribution in [0.15, 0.2) is 10.6 Å². The molecule has 0 aliphatic carbocycles. The molecule has 0 unspecified atom stereocenters. The van der Waals surface area contributed by atoms with Crippen molar-refractivity contribution in [2.45, 2.75) is 26.2 Å². The van der Waals surface area contributed by atoms with Crippen LogP contribution in [0.3, 0.4) is 0 Å². The van der Waals surface area contributed by atoms with E-state index in [-0.39, 0.29) is 0 Å². The van der Waals surface area contributed by atoms with Crippen LogP contribution in [-0.4, -0.2) is 10.9 Å². The van der Waals surface area contributed by atoms with Crippen molar-refractivity contribution in [3.05, 3.63) is 17.8 Å². The highest BCUT2D eigenvalue weighted by molar-refractivity contribution is 6.17. The zero-order valence-corrected chi connectivity index (χ0v) is 7.40. The summed E-state index contributed by atoms with van der Waals surface area (Å²) in [5, 5.41) is 0. The third-order valence-electron chi connectivity index (χ3n) is 1.47. The van der Waals surface area contributed by atoms with Crippen LogP contribution < -0.4 is 0 Å². The molecular weight excluding hydrogens is 162 g/mol. The summed E-state index contributed by atoms with van der Waals surface area (Å²) in [6.45, 7) is 2.05. The first-order valence-electron chi connectivity index (χ1n) is 3.86. The molecule has 1 rings (SSSR count). The fourth-order valence-electron chi connectivity index (χ4n) is 0.845. The van der Waals surface area contributed by atoms with E-state index >= 15 is 0 Å². The molecule has 0 aliphatic rings. The molecule has 0 spiro atoms. The second-order valence-electron chi connectivity index (χ2n) is 2.37. The van der Waals surface area contributed by atoms with Gasteiger partial charge in [-0.1, -0.05) is 6.92 Å². The Morgan fingerprint density at radius 2 is 2.45 bits per heavy atom. The van der Waals surface area contributed by atoms with E-state index in [4.69, 9.17) is 16.0 Å². The van der Waals surface area contributed by atoms with Gasteiger partial charge in [0.05, 0.1) is 6.20 Å². The van der Waals surface area contributed by atoms with Crippen LogP contribution in [0.25, 0.3) is 0 Å². The normalized spacial score (nSPS) is 10.4. The Kier molecular flexibility index (Phi) is 3.43. The Bertz CT molecular complexity index is 210. The van der Waals surface area contributed by atoms with Gasteiger partial charge in [0.25, 0.3) is 0 Å². The summed E-state index contributed by atoms with van der Waals surface area (Å²) in [5.74, 6) is 2.43. The minimum absolute atomic E-state index is 0.670. The molecule has 62 valence electrons. The smallest absolute Gasteiger partial charge is 0.194 e. The van der Waals surface area contributed by atoms with Crippen molar-refractivity contribution in [3.8, 4) is 0 Å². The van der Waals surface area contributed by atoms with Crippen LogP contribution in [0.1, 0.15) is 25.0 Å². The molecule has 1 heterocycles. The van der Waals surface area contributed by atoms with E-state index in [0.29, 0.717) is 5.88 Å². The molecule has 1 aromatic rings. The van der Waals surface area contributed by atoms with E-state index in [2.05, 4.69) is 4.98 Å². The van der Waals surface area contributed by atoms with Gasteiger partial charge in [0, 0.05) is 18.7 Å². The van der Waals surface area contributed by atoms with E-state index in [1.807, 2.05) is 6.92 Å². The summed E-state index contributed by atoms with van der Waals surface area (Å²) in [5.41, 5.74) is 0. The predicted molar refractivity (Wildman–Crippen MR) is 44.9 cm³/mol. The number of nitrogens with zero attached hydrogens (tertiary/aromatic N) is 1. The largest absolute Gasteiger partial charge is 0.446 e. The van der Waals surface area contributed by atoms with Gasteiger partial charge in [-0.3, -0.25) is 0 Å². The van der Waals surface area contributed by atoms with E-state index in [9.17, 15) is 0 Å². The van der Waals surface area contributed by atoms with Crippen LogP contribution in [0.2, 0.25) is 0 Å². The van der Waals surface area contributed by atoms with E-state index in [0.717, 1.165) is 30.9 Å². The molecule has 0 atom stereocenters. The molecule has 0 saturated carbocycles. The highest BCUT2D eigenvalue weighted by Gasteiger charge is 2.00. The quantitative estimate of drug-likeness (QED) is 0.654. The molecule has 1 aromatic heterocycles. The SMILES string of the molecule is CCc1cnc(CCCCl)o1. The highest BCUT2D eigenvalue weighted by atomic mass is 35.5. The molecule has 0 amide bonds. The molecule has 2 nitrogen and oxygen atoms in total. The Balaban J connectivity index is 2.44. The van der Waals surface area contributed by atoms with Gasteiger partial charge in [-0.25, -0.2) is 4.98 Å².